The molecule has 1 aromatic carbocycles. The van der Waals surface area contributed by atoms with Crippen LogP contribution >= 0.6 is 11.3 Å². The maximum atomic E-state index is 13.3. The molecular formula is C23H23FN4OS. The van der Waals surface area contributed by atoms with Gasteiger partial charge in [-0.3, -0.25) is 4.79 Å². The highest BCUT2D eigenvalue weighted by atomic mass is 32.1. The zero-order chi connectivity index (χ0) is 21.1. The van der Waals surface area contributed by atoms with Gasteiger partial charge in [0.1, 0.15) is 5.82 Å². The van der Waals surface area contributed by atoms with Crippen LogP contribution in [0.2, 0.25) is 0 Å². The van der Waals surface area contributed by atoms with Crippen LogP contribution in [-0.2, 0) is 4.79 Å². The van der Waals surface area contributed by atoms with Crippen molar-refractivity contribution in [2.24, 2.45) is 0 Å². The van der Waals surface area contributed by atoms with E-state index < -0.39 is 0 Å². The quantitative estimate of drug-likeness (QED) is 0.612. The van der Waals surface area contributed by atoms with Gasteiger partial charge >= 0.3 is 0 Å². The molecule has 1 aliphatic rings. The lowest BCUT2D eigenvalue weighted by atomic mass is 10.00. The number of rotatable bonds is 5. The molecule has 1 atom stereocenters. The number of hydrogen-bond acceptors (Lipinski definition) is 4. The Morgan fingerprint density at radius 1 is 1.30 bits per heavy atom. The highest BCUT2D eigenvalue weighted by Gasteiger charge is 2.23. The van der Waals surface area contributed by atoms with E-state index in [4.69, 9.17) is 0 Å². The summed E-state index contributed by atoms with van der Waals surface area (Å²) in [5, 5.41) is 10.6. The van der Waals surface area contributed by atoms with Gasteiger partial charge in [0, 0.05) is 16.5 Å². The van der Waals surface area contributed by atoms with Crippen LogP contribution in [0, 0.1) is 12.7 Å². The van der Waals surface area contributed by atoms with Crippen molar-refractivity contribution in [3.63, 3.8) is 0 Å². The molecule has 4 rings (SSSR count). The lowest BCUT2D eigenvalue weighted by molar-refractivity contribution is -0.116. The lowest BCUT2D eigenvalue weighted by Crippen LogP contribution is -2.29. The maximum Gasteiger partial charge on any atom is 0.252 e. The van der Waals surface area contributed by atoms with Crippen LogP contribution in [0.3, 0.4) is 0 Å². The monoisotopic (exact) mass is 422 g/mol. The van der Waals surface area contributed by atoms with Crippen LogP contribution in [0.25, 0.3) is 17.3 Å². The fourth-order valence-electron chi connectivity index (χ4n) is 3.52. The van der Waals surface area contributed by atoms with Crippen molar-refractivity contribution < 1.29 is 9.18 Å². The number of nitrogens with zero attached hydrogens (tertiary/aromatic N) is 3. The van der Waals surface area contributed by atoms with Crippen LogP contribution < -0.4 is 5.32 Å². The molecule has 0 fully saturated rings. The zero-order valence-corrected chi connectivity index (χ0v) is 17.7. The summed E-state index contributed by atoms with van der Waals surface area (Å²) in [6, 6.07) is 6.02. The molecule has 30 heavy (non-hydrogen) atoms. The molecule has 1 aliphatic carbocycles. The summed E-state index contributed by atoms with van der Waals surface area (Å²) >= 11 is 1.58. The number of carbonyl (C=O) groups excluding carboxylic acids is 1. The Balaban J connectivity index is 1.67. The van der Waals surface area contributed by atoms with Gasteiger partial charge in [0.25, 0.3) is 5.91 Å². The van der Waals surface area contributed by atoms with Crippen molar-refractivity contribution >= 4 is 28.9 Å². The minimum absolute atomic E-state index is 0.136. The Morgan fingerprint density at radius 3 is 2.80 bits per heavy atom. The van der Waals surface area contributed by atoms with E-state index in [0.717, 1.165) is 46.9 Å². The van der Waals surface area contributed by atoms with Crippen molar-refractivity contribution in [1.29, 1.82) is 0 Å². The molecular weight excluding hydrogens is 399 g/mol. The third kappa shape index (κ3) is 4.11. The molecule has 1 amide bonds. The molecule has 2 aromatic heterocycles. The van der Waals surface area contributed by atoms with Gasteiger partial charge in [0.2, 0.25) is 0 Å². The Kier molecular flexibility index (Phi) is 5.90. The van der Waals surface area contributed by atoms with Gasteiger partial charge in [0.15, 0.2) is 0 Å². The zero-order valence-electron chi connectivity index (χ0n) is 16.9. The predicted octanol–water partition coefficient (Wildman–Crippen LogP) is 5.23. The fourth-order valence-corrected chi connectivity index (χ4v) is 4.19. The van der Waals surface area contributed by atoms with Gasteiger partial charge in [-0.15, -0.1) is 11.3 Å². The van der Waals surface area contributed by atoms with Crippen LogP contribution in [0.15, 0.2) is 48.0 Å². The first-order valence-electron chi connectivity index (χ1n) is 10.0. The SMILES string of the molecule is CCC(NC(=O)C1=CCCC=Cc2c1cnn2-c1ccc(F)cc1)c1csc(C)n1. The molecule has 5 nitrogen and oxygen atoms in total. The number of hydrogen-bond donors (Lipinski definition) is 1. The second kappa shape index (κ2) is 8.75. The molecule has 1 N–H and O–H groups in total. The predicted molar refractivity (Wildman–Crippen MR) is 118 cm³/mol. The molecule has 0 radical (unpaired) electrons. The summed E-state index contributed by atoms with van der Waals surface area (Å²) in [7, 11) is 0. The number of aromatic nitrogens is 3. The summed E-state index contributed by atoms with van der Waals surface area (Å²) < 4.78 is 15.1. The Bertz CT molecular complexity index is 1110. The Hall–Kier alpha value is -3.06. The van der Waals surface area contributed by atoms with Crippen LogP contribution in [0.1, 0.15) is 54.2 Å². The molecule has 7 heteroatoms. The average molecular weight is 423 g/mol. The number of fused-ring (bicyclic) bond motifs is 1. The van der Waals surface area contributed by atoms with E-state index in [-0.39, 0.29) is 17.8 Å². The first-order valence-corrected chi connectivity index (χ1v) is 10.9. The number of thiazole rings is 1. The summed E-state index contributed by atoms with van der Waals surface area (Å²) in [5.41, 5.74) is 3.80. The molecule has 3 aromatic rings. The second-order valence-electron chi connectivity index (χ2n) is 7.15. The van der Waals surface area contributed by atoms with E-state index in [2.05, 4.69) is 21.5 Å². The molecule has 0 spiro atoms. The largest absolute Gasteiger partial charge is 0.344 e. The van der Waals surface area contributed by atoms with Gasteiger partial charge in [-0.1, -0.05) is 19.1 Å². The maximum absolute atomic E-state index is 13.3. The van der Waals surface area contributed by atoms with Crippen LogP contribution in [0.4, 0.5) is 4.39 Å². The molecule has 2 heterocycles. The highest BCUT2D eigenvalue weighted by molar-refractivity contribution is 7.09. The number of halogens is 1. The normalized spacial score (nSPS) is 14.4. The third-order valence-electron chi connectivity index (χ3n) is 5.08. The molecule has 1 unspecified atom stereocenters. The Morgan fingerprint density at radius 2 is 2.10 bits per heavy atom. The molecule has 0 bridgehead atoms. The lowest BCUT2D eigenvalue weighted by Gasteiger charge is -2.17. The van der Waals surface area contributed by atoms with E-state index in [1.807, 2.05) is 31.4 Å². The van der Waals surface area contributed by atoms with Crippen LogP contribution in [-0.4, -0.2) is 20.7 Å². The number of aryl methyl sites for hydroxylation is 1. The third-order valence-corrected chi connectivity index (χ3v) is 5.87. The smallest absolute Gasteiger partial charge is 0.252 e. The Labute approximate surface area is 179 Å². The number of amides is 1. The van der Waals surface area contributed by atoms with E-state index in [9.17, 15) is 9.18 Å². The van der Waals surface area contributed by atoms with Gasteiger partial charge < -0.3 is 5.32 Å². The first kappa shape index (κ1) is 20.2. The highest BCUT2D eigenvalue weighted by Crippen LogP contribution is 2.28. The van der Waals surface area contributed by atoms with Crippen molar-refractivity contribution in [2.75, 3.05) is 0 Å². The number of nitrogens with one attached hydrogen (secondary N) is 1. The van der Waals surface area contributed by atoms with Crippen LogP contribution in [0.5, 0.6) is 0 Å². The minimum Gasteiger partial charge on any atom is -0.344 e. The second-order valence-corrected chi connectivity index (χ2v) is 8.22. The molecule has 0 saturated heterocycles. The van der Waals surface area contributed by atoms with Crippen molar-refractivity contribution in [3.05, 3.63) is 75.8 Å². The molecule has 154 valence electrons. The van der Waals surface area contributed by atoms with E-state index in [0.29, 0.717) is 5.57 Å². The van der Waals surface area contributed by atoms with Crippen molar-refractivity contribution in [2.45, 2.75) is 39.2 Å². The fraction of sp³-hybridized carbons (Fsp3) is 0.261. The van der Waals surface area contributed by atoms with Gasteiger partial charge in [-0.25, -0.2) is 14.1 Å². The summed E-state index contributed by atoms with van der Waals surface area (Å²) in [4.78, 5) is 17.8. The van der Waals surface area contributed by atoms with Gasteiger partial charge in [-0.2, -0.15) is 5.10 Å². The van der Waals surface area contributed by atoms with Gasteiger partial charge in [0.05, 0.1) is 34.3 Å². The molecule has 0 aliphatic heterocycles. The number of allylic oxidation sites excluding steroid dienone is 2. The number of carbonyl (C=O) groups is 1. The van der Waals surface area contributed by atoms with E-state index in [1.54, 1.807) is 34.3 Å². The van der Waals surface area contributed by atoms with Crippen molar-refractivity contribution in [3.8, 4) is 5.69 Å². The van der Waals surface area contributed by atoms with E-state index >= 15 is 0 Å². The summed E-state index contributed by atoms with van der Waals surface area (Å²) in [6.45, 7) is 4.00. The standard InChI is InChI=1S/C23H23FN4OS/c1-3-20(21-14-30-15(2)26-21)27-23(29)18-7-5-4-6-8-22-19(18)13-25-28(22)17-11-9-16(24)10-12-17/h6-14,20H,3-5H2,1-2H3,(H,27,29). The van der Waals surface area contributed by atoms with E-state index in [1.165, 1.54) is 12.1 Å². The topological polar surface area (TPSA) is 59.8 Å². The summed E-state index contributed by atoms with van der Waals surface area (Å²) in [6.07, 6.45) is 10.1. The number of benzene rings is 1. The molecule has 0 saturated carbocycles. The minimum atomic E-state index is -0.299. The first-order chi connectivity index (χ1) is 14.6. The van der Waals surface area contributed by atoms with Gasteiger partial charge in [-0.05, 0) is 56.5 Å². The average Bonchev–Trinajstić information content (AvgIpc) is 3.33. The van der Waals surface area contributed by atoms with Crippen molar-refractivity contribution in [1.82, 2.24) is 20.1 Å². The summed E-state index contributed by atoms with van der Waals surface area (Å²) in [5.74, 6) is -0.435.